The van der Waals surface area contributed by atoms with Gasteiger partial charge < -0.3 is 20.9 Å². The molecule has 1 aromatic carbocycles. The number of aryl methyl sites for hydroxylation is 1. The molecule has 3 aliphatic heterocycles. The van der Waals surface area contributed by atoms with Gasteiger partial charge in [0, 0.05) is 68.3 Å². The molecule has 2 amide bonds. The van der Waals surface area contributed by atoms with Gasteiger partial charge in [0.25, 0.3) is 0 Å². The maximum absolute atomic E-state index is 13.8. The average Bonchev–Trinajstić information content (AvgIpc) is 3.53. The van der Waals surface area contributed by atoms with Crippen LogP contribution in [0.3, 0.4) is 0 Å². The van der Waals surface area contributed by atoms with Gasteiger partial charge in [-0.1, -0.05) is 12.8 Å². The fraction of sp³-hybridized carbons (Fsp3) is 0.538. The molecule has 1 aromatic heterocycles. The van der Waals surface area contributed by atoms with Gasteiger partial charge in [-0.25, -0.2) is 4.98 Å². The Morgan fingerprint density at radius 1 is 1.11 bits per heavy atom. The summed E-state index contributed by atoms with van der Waals surface area (Å²) in [4.78, 5) is 40.3. The maximum Gasteiger partial charge on any atom is 0.244 e. The summed E-state index contributed by atoms with van der Waals surface area (Å²) < 4.78 is 0. The first-order chi connectivity index (χ1) is 17.0. The molecule has 0 unspecified atom stereocenters. The molecule has 4 aliphatic rings. The zero-order valence-corrected chi connectivity index (χ0v) is 20.3. The first kappa shape index (κ1) is 22.3. The first-order valence-corrected chi connectivity index (χ1v) is 12.9. The van der Waals surface area contributed by atoms with Gasteiger partial charge in [0.05, 0.1) is 0 Å². The second kappa shape index (κ2) is 8.78. The van der Waals surface area contributed by atoms with Crippen molar-refractivity contribution < 1.29 is 9.59 Å². The van der Waals surface area contributed by atoms with Crippen LogP contribution < -0.4 is 25.8 Å². The van der Waals surface area contributed by atoms with Crippen LogP contribution in [0.15, 0.2) is 24.4 Å². The van der Waals surface area contributed by atoms with Crippen LogP contribution >= 0.6 is 0 Å². The Morgan fingerprint density at radius 3 is 2.63 bits per heavy atom. The number of nitrogens with one attached hydrogen (secondary N) is 3. The number of hydrogen-bond acceptors (Lipinski definition) is 7. The molecule has 0 radical (unpaired) electrons. The molecule has 6 rings (SSSR count). The third-order valence-corrected chi connectivity index (χ3v) is 8.09. The normalized spacial score (nSPS) is 24.7. The Kier molecular flexibility index (Phi) is 5.59. The number of carbonyl (C=O) groups excluding carboxylic acids is 2. The van der Waals surface area contributed by atoms with Crippen molar-refractivity contribution in [2.45, 2.75) is 51.5 Å². The molecule has 1 spiro atoms. The Balaban J connectivity index is 1.30. The predicted octanol–water partition coefficient (Wildman–Crippen LogP) is 2.28. The Labute approximate surface area is 205 Å². The molecule has 9 heteroatoms. The summed E-state index contributed by atoms with van der Waals surface area (Å²) in [6.07, 6.45) is 6.79. The van der Waals surface area contributed by atoms with Crippen LogP contribution in [0.4, 0.5) is 23.1 Å². The van der Waals surface area contributed by atoms with E-state index in [2.05, 4.69) is 51.0 Å². The van der Waals surface area contributed by atoms with Gasteiger partial charge in [0.1, 0.15) is 11.2 Å². The summed E-state index contributed by atoms with van der Waals surface area (Å²) in [5, 5.41) is 9.65. The molecule has 1 aliphatic carbocycles. The molecule has 2 saturated heterocycles. The van der Waals surface area contributed by atoms with Crippen molar-refractivity contribution in [2.24, 2.45) is 5.41 Å². The second-order valence-electron chi connectivity index (χ2n) is 10.3. The number of fused-ring (bicyclic) bond motifs is 1. The highest BCUT2D eigenvalue weighted by molar-refractivity contribution is 6.14. The van der Waals surface area contributed by atoms with Crippen LogP contribution in [0, 0.1) is 12.3 Å². The molecule has 184 valence electrons. The van der Waals surface area contributed by atoms with Crippen LogP contribution in [-0.4, -0.2) is 60.5 Å². The Bertz CT molecular complexity index is 1160. The molecular weight excluding hydrogens is 442 g/mol. The zero-order chi connectivity index (χ0) is 24.0. The van der Waals surface area contributed by atoms with Crippen molar-refractivity contribution in [1.82, 2.24) is 20.6 Å². The summed E-state index contributed by atoms with van der Waals surface area (Å²) in [5.74, 6) is 0.899. The minimum absolute atomic E-state index is 0.0897. The number of carbonyl (C=O) groups is 2. The number of hydrogen-bond donors (Lipinski definition) is 3. The van der Waals surface area contributed by atoms with Crippen LogP contribution in [0.2, 0.25) is 0 Å². The monoisotopic (exact) mass is 475 g/mol. The summed E-state index contributed by atoms with van der Waals surface area (Å²) in [5.41, 5.74) is 3.16. The van der Waals surface area contributed by atoms with Crippen molar-refractivity contribution in [1.29, 1.82) is 0 Å². The number of rotatable bonds is 4. The third kappa shape index (κ3) is 3.82. The van der Waals surface area contributed by atoms with E-state index < -0.39 is 5.41 Å². The van der Waals surface area contributed by atoms with Crippen molar-refractivity contribution in [3.8, 4) is 0 Å². The summed E-state index contributed by atoms with van der Waals surface area (Å²) in [6, 6.07) is 6.50. The average molecular weight is 476 g/mol. The molecule has 2 aromatic rings. The van der Waals surface area contributed by atoms with E-state index in [0.717, 1.165) is 68.7 Å². The SMILES string of the molecule is Cc1cc(N2CCNCC2)ccc1Nc1ncc2c(n1)N(C1CCCC1)C(=O)[C@]1(CCNC1=O)C2. The predicted molar refractivity (Wildman–Crippen MR) is 135 cm³/mol. The summed E-state index contributed by atoms with van der Waals surface area (Å²) in [7, 11) is 0. The number of benzene rings is 1. The van der Waals surface area contributed by atoms with Gasteiger partial charge in [0.2, 0.25) is 17.8 Å². The van der Waals surface area contributed by atoms with E-state index in [1.165, 1.54) is 5.69 Å². The Hall–Kier alpha value is -3.20. The molecule has 1 saturated carbocycles. The lowest BCUT2D eigenvalue weighted by Crippen LogP contribution is -2.56. The van der Waals surface area contributed by atoms with Crippen LogP contribution in [-0.2, 0) is 16.0 Å². The van der Waals surface area contributed by atoms with E-state index in [0.29, 0.717) is 31.2 Å². The van der Waals surface area contributed by atoms with Crippen molar-refractivity contribution in [3.63, 3.8) is 0 Å². The lowest BCUT2D eigenvalue weighted by atomic mass is 9.76. The molecule has 9 nitrogen and oxygen atoms in total. The summed E-state index contributed by atoms with van der Waals surface area (Å²) in [6.45, 7) is 6.64. The first-order valence-electron chi connectivity index (χ1n) is 12.9. The fourth-order valence-corrected chi connectivity index (χ4v) is 6.09. The van der Waals surface area contributed by atoms with E-state index in [4.69, 9.17) is 4.98 Å². The zero-order valence-electron chi connectivity index (χ0n) is 20.3. The van der Waals surface area contributed by atoms with Crippen LogP contribution in [0.1, 0.15) is 43.2 Å². The van der Waals surface area contributed by atoms with Crippen molar-refractivity contribution >= 4 is 35.0 Å². The molecule has 35 heavy (non-hydrogen) atoms. The molecule has 0 bridgehead atoms. The number of anilines is 4. The van der Waals surface area contributed by atoms with E-state index >= 15 is 0 Å². The van der Waals surface area contributed by atoms with Gasteiger partial charge in [0.15, 0.2) is 0 Å². The van der Waals surface area contributed by atoms with Gasteiger partial charge in [-0.05, 0) is 49.9 Å². The number of nitrogens with zero attached hydrogens (tertiary/aromatic N) is 4. The lowest BCUT2D eigenvalue weighted by Gasteiger charge is -2.40. The van der Waals surface area contributed by atoms with Crippen molar-refractivity contribution in [2.75, 3.05) is 47.8 Å². The molecule has 3 N–H and O–H groups in total. The highest BCUT2D eigenvalue weighted by atomic mass is 16.2. The topological polar surface area (TPSA) is 102 Å². The quantitative estimate of drug-likeness (QED) is 0.583. The van der Waals surface area contributed by atoms with Crippen LogP contribution in [0.25, 0.3) is 0 Å². The molecular formula is C26H33N7O2. The van der Waals surface area contributed by atoms with E-state index in [1.54, 1.807) is 6.20 Å². The highest BCUT2D eigenvalue weighted by Crippen LogP contribution is 2.44. The molecule has 4 heterocycles. The number of amides is 2. The number of piperazine rings is 1. The fourth-order valence-electron chi connectivity index (χ4n) is 6.09. The van der Waals surface area contributed by atoms with E-state index in [1.807, 2.05) is 4.90 Å². The van der Waals surface area contributed by atoms with Crippen molar-refractivity contribution in [3.05, 3.63) is 35.5 Å². The summed E-state index contributed by atoms with van der Waals surface area (Å²) >= 11 is 0. The van der Waals surface area contributed by atoms with Gasteiger partial charge >= 0.3 is 0 Å². The lowest BCUT2D eigenvalue weighted by molar-refractivity contribution is -0.140. The highest BCUT2D eigenvalue weighted by Gasteiger charge is 2.56. The third-order valence-electron chi connectivity index (χ3n) is 8.09. The maximum atomic E-state index is 13.8. The molecule has 1 atom stereocenters. The van der Waals surface area contributed by atoms with Crippen LogP contribution in [0.5, 0.6) is 0 Å². The second-order valence-corrected chi connectivity index (χ2v) is 10.3. The van der Waals surface area contributed by atoms with E-state index in [9.17, 15) is 9.59 Å². The largest absolute Gasteiger partial charge is 0.369 e. The van der Waals surface area contributed by atoms with Gasteiger partial charge in [-0.15, -0.1) is 0 Å². The molecule has 3 fully saturated rings. The van der Waals surface area contributed by atoms with Gasteiger partial charge in [-0.2, -0.15) is 4.98 Å². The smallest absolute Gasteiger partial charge is 0.244 e. The minimum Gasteiger partial charge on any atom is -0.369 e. The van der Waals surface area contributed by atoms with E-state index in [-0.39, 0.29) is 17.9 Å². The minimum atomic E-state index is -1.01. The number of aromatic nitrogens is 2. The standard InChI is InChI=1S/C26H33N7O2/c1-17-14-20(32-12-10-27-11-13-32)6-7-21(17)30-25-29-16-18-15-26(8-9-28-23(26)34)24(35)33(22(18)31-25)19-4-2-3-5-19/h6-7,14,16,19,27H,2-5,8-13,15H2,1H3,(H,28,34)(H,29,30,31)/t26-/m1/s1. The van der Waals surface area contributed by atoms with Gasteiger partial charge in [-0.3, -0.25) is 14.5 Å². The Morgan fingerprint density at radius 2 is 1.91 bits per heavy atom.